The van der Waals surface area contributed by atoms with Crippen molar-refractivity contribution in [2.24, 2.45) is 10.7 Å². The number of thiophene rings is 1. The van der Waals surface area contributed by atoms with Gasteiger partial charge in [0.25, 0.3) is 0 Å². The number of hydrazine groups is 1. The topological polar surface area (TPSA) is 85.5 Å². The number of fused-ring (bicyclic) bond motifs is 4. The number of piperazine rings is 1. The minimum Gasteiger partial charge on any atom is -0.486 e. The van der Waals surface area contributed by atoms with Crippen LogP contribution in [0, 0.1) is 6.92 Å². The summed E-state index contributed by atoms with van der Waals surface area (Å²) in [6, 6.07) is 12.1. The molecule has 0 atom stereocenters. The van der Waals surface area contributed by atoms with E-state index in [4.69, 9.17) is 22.1 Å². The molecule has 1 saturated heterocycles. The Labute approximate surface area is 256 Å². The standard InChI is InChI=1S/C31H37ClN8OS/c1-20-4-3-5-21(36-20)18-41-27-9-6-22(16-25(27)32)40-26-8-7-23-28-30(33)34-19-35-31(28)42-29(23)24(26)17-39(40)15-14-38-12-10-37(2)11-13-38/h3-6,9,16,35H,7-8,10-15,17-19H2,1-2H3,(H2,33,34). The maximum atomic E-state index is 6.85. The summed E-state index contributed by atoms with van der Waals surface area (Å²) in [7, 11) is 2.20. The molecule has 2 aromatic heterocycles. The van der Waals surface area contributed by atoms with E-state index in [9.17, 15) is 0 Å². The molecule has 4 aliphatic rings. The molecule has 220 valence electrons. The van der Waals surface area contributed by atoms with Crippen molar-refractivity contribution >= 4 is 45.0 Å². The molecule has 0 saturated carbocycles. The number of rotatable bonds is 7. The van der Waals surface area contributed by atoms with Gasteiger partial charge in [0.1, 0.15) is 29.9 Å². The van der Waals surface area contributed by atoms with Crippen LogP contribution in [-0.4, -0.2) is 85.2 Å². The number of aromatic nitrogens is 1. The molecule has 42 heavy (non-hydrogen) atoms. The third-order valence-corrected chi connectivity index (χ3v) is 10.2. The minimum absolute atomic E-state index is 0.378. The number of nitrogens with one attached hydrogen (secondary N) is 1. The van der Waals surface area contributed by atoms with Crippen molar-refractivity contribution in [3.05, 3.63) is 74.5 Å². The second kappa shape index (κ2) is 11.5. The number of hydrogen-bond acceptors (Lipinski definition) is 10. The van der Waals surface area contributed by atoms with E-state index in [0.717, 1.165) is 86.3 Å². The zero-order chi connectivity index (χ0) is 28.8. The van der Waals surface area contributed by atoms with Crippen LogP contribution in [0.2, 0.25) is 5.02 Å². The van der Waals surface area contributed by atoms with E-state index >= 15 is 0 Å². The van der Waals surface area contributed by atoms with Crippen molar-refractivity contribution in [1.82, 2.24) is 19.8 Å². The summed E-state index contributed by atoms with van der Waals surface area (Å²) in [6.07, 6.45) is 1.89. The van der Waals surface area contributed by atoms with Crippen LogP contribution >= 0.6 is 22.9 Å². The summed E-state index contributed by atoms with van der Waals surface area (Å²) in [5, 5.41) is 10.1. The van der Waals surface area contributed by atoms with Gasteiger partial charge in [0.15, 0.2) is 0 Å². The van der Waals surface area contributed by atoms with E-state index in [2.05, 4.69) is 48.2 Å². The van der Waals surface area contributed by atoms with Crippen LogP contribution in [0.15, 0.2) is 47.1 Å². The summed E-state index contributed by atoms with van der Waals surface area (Å²) in [5.74, 6) is 1.33. The van der Waals surface area contributed by atoms with E-state index in [1.807, 2.05) is 48.6 Å². The molecular formula is C31H37ClN8OS. The number of aliphatic imine (C=N–C) groups is 1. The van der Waals surface area contributed by atoms with Crippen molar-refractivity contribution in [3.63, 3.8) is 0 Å². The number of allylic oxidation sites excluding steroid dienone is 1. The number of hydrogen-bond donors (Lipinski definition) is 2. The van der Waals surface area contributed by atoms with Crippen LogP contribution in [0.1, 0.15) is 33.8 Å². The van der Waals surface area contributed by atoms with Crippen molar-refractivity contribution in [2.45, 2.75) is 26.4 Å². The average molecular weight is 605 g/mol. The minimum atomic E-state index is 0.378. The van der Waals surface area contributed by atoms with E-state index in [0.29, 0.717) is 29.9 Å². The molecular weight excluding hydrogens is 568 g/mol. The van der Waals surface area contributed by atoms with Gasteiger partial charge in [0.05, 0.1) is 22.0 Å². The lowest BCUT2D eigenvalue weighted by molar-refractivity contribution is 0.139. The number of halogens is 1. The molecule has 1 fully saturated rings. The molecule has 1 aliphatic carbocycles. The Morgan fingerprint density at radius 3 is 2.76 bits per heavy atom. The second-order valence-electron chi connectivity index (χ2n) is 11.4. The smallest absolute Gasteiger partial charge is 0.138 e. The summed E-state index contributed by atoms with van der Waals surface area (Å²) in [4.78, 5) is 15.3. The molecule has 7 rings (SSSR count). The third kappa shape index (κ3) is 5.26. The van der Waals surface area contributed by atoms with Gasteiger partial charge in [-0.15, -0.1) is 11.3 Å². The summed E-state index contributed by atoms with van der Waals surface area (Å²) >= 11 is 8.68. The van der Waals surface area contributed by atoms with Crippen LogP contribution in [0.3, 0.4) is 0 Å². The molecule has 3 aliphatic heterocycles. The Morgan fingerprint density at radius 2 is 1.95 bits per heavy atom. The lowest BCUT2D eigenvalue weighted by Crippen LogP contribution is -2.48. The van der Waals surface area contributed by atoms with Gasteiger partial charge in [-0.25, -0.2) is 10.0 Å². The van der Waals surface area contributed by atoms with Gasteiger partial charge in [-0.1, -0.05) is 17.7 Å². The summed E-state index contributed by atoms with van der Waals surface area (Å²) < 4.78 is 6.09. The maximum absolute atomic E-state index is 6.85. The molecule has 0 bridgehead atoms. The van der Waals surface area contributed by atoms with Crippen LogP contribution < -0.4 is 20.8 Å². The largest absolute Gasteiger partial charge is 0.486 e. The molecule has 3 N–H and O–H groups in total. The lowest BCUT2D eigenvalue weighted by atomic mass is 9.92. The number of ether oxygens (including phenoxy) is 1. The molecule has 1 aromatic carbocycles. The zero-order valence-electron chi connectivity index (χ0n) is 24.2. The number of anilines is 2. The Bertz CT molecular complexity index is 1560. The Balaban J connectivity index is 1.17. The van der Waals surface area contributed by atoms with Gasteiger partial charge < -0.3 is 20.7 Å². The summed E-state index contributed by atoms with van der Waals surface area (Å²) in [6.45, 7) is 10.2. The number of benzene rings is 1. The Morgan fingerprint density at radius 1 is 1.10 bits per heavy atom. The normalized spacial score (nSPS) is 19.3. The predicted octanol–water partition coefficient (Wildman–Crippen LogP) is 4.41. The first-order valence-electron chi connectivity index (χ1n) is 14.7. The lowest BCUT2D eigenvalue weighted by Gasteiger charge is -2.36. The molecule has 0 radical (unpaired) electrons. The molecule has 5 heterocycles. The van der Waals surface area contributed by atoms with Crippen LogP contribution in [-0.2, 0) is 13.0 Å². The van der Waals surface area contributed by atoms with E-state index in [1.165, 1.54) is 21.7 Å². The van der Waals surface area contributed by atoms with Gasteiger partial charge in [-0.3, -0.25) is 14.9 Å². The van der Waals surface area contributed by atoms with E-state index in [1.54, 1.807) is 0 Å². The van der Waals surface area contributed by atoms with Gasteiger partial charge in [-0.2, -0.15) is 0 Å². The first kappa shape index (κ1) is 27.7. The monoisotopic (exact) mass is 604 g/mol. The van der Waals surface area contributed by atoms with Crippen molar-refractivity contribution < 1.29 is 4.74 Å². The molecule has 11 heteroatoms. The van der Waals surface area contributed by atoms with Crippen molar-refractivity contribution in [3.8, 4) is 5.75 Å². The first-order chi connectivity index (χ1) is 20.4. The number of pyridine rings is 1. The average Bonchev–Trinajstić information content (AvgIpc) is 3.55. The van der Waals surface area contributed by atoms with Crippen LogP contribution in [0.4, 0.5) is 10.7 Å². The fourth-order valence-electron chi connectivity index (χ4n) is 6.36. The highest BCUT2D eigenvalue weighted by atomic mass is 35.5. The highest BCUT2D eigenvalue weighted by molar-refractivity contribution is 7.17. The van der Waals surface area contributed by atoms with E-state index in [-0.39, 0.29) is 0 Å². The van der Waals surface area contributed by atoms with Gasteiger partial charge in [0.2, 0.25) is 0 Å². The SMILES string of the molecule is Cc1cccc(COc2ccc(N3C4=C(CN3CCN3CCN(C)CC3)c3sc5c(c3CC4)C(N)=NCN5)cc2Cl)n1. The summed E-state index contributed by atoms with van der Waals surface area (Å²) in [5.41, 5.74) is 14.5. The number of aryl methyl sites for hydroxylation is 1. The predicted molar refractivity (Wildman–Crippen MR) is 172 cm³/mol. The van der Waals surface area contributed by atoms with E-state index < -0.39 is 0 Å². The molecule has 0 unspecified atom stereocenters. The highest BCUT2D eigenvalue weighted by Gasteiger charge is 2.38. The van der Waals surface area contributed by atoms with Gasteiger partial charge in [-0.05, 0) is 62.7 Å². The zero-order valence-corrected chi connectivity index (χ0v) is 25.8. The number of likely N-dealkylation sites (N-methyl/N-ethyl adjacent to an activating group) is 1. The van der Waals surface area contributed by atoms with Crippen LogP contribution in [0.25, 0.3) is 5.57 Å². The van der Waals surface area contributed by atoms with Crippen LogP contribution in [0.5, 0.6) is 5.75 Å². The maximum Gasteiger partial charge on any atom is 0.138 e. The first-order valence-corrected chi connectivity index (χ1v) is 15.9. The Kier molecular flexibility index (Phi) is 7.58. The van der Waals surface area contributed by atoms with Crippen molar-refractivity contribution in [2.75, 3.05) is 69.9 Å². The quantitative estimate of drug-likeness (QED) is 0.410. The highest BCUT2D eigenvalue weighted by Crippen LogP contribution is 2.48. The fourth-order valence-corrected chi connectivity index (χ4v) is 7.89. The van der Waals surface area contributed by atoms with Crippen molar-refractivity contribution in [1.29, 1.82) is 0 Å². The third-order valence-electron chi connectivity index (χ3n) is 8.62. The second-order valence-corrected chi connectivity index (χ2v) is 12.9. The number of nitrogens with two attached hydrogens (primary N) is 1. The van der Waals surface area contributed by atoms with Gasteiger partial charge in [0, 0.05) is 67.7 Å². The molecule has 9 nitrogen and oxygen atoms in total. The fraction of sp³-hybridized carbons (Fsp3) is 0.419. The Hall–Kier alpha value is -3.15. The molecule has 0 spiro atoms. The van der Waals surface area contributed by atoms with Gasteiger partial charge >= 0.3 is 0 Å². The number of nitrogens with zero attached hydrogens (tertiary/aromatic N) is 6. The number of amidine groups is 1. The molecule has 3 aromatic rings. The molecule has 0 amide bonds.